The largest absolute Gasteiger partial charge is 0.326 e. The van der Waals surface area contributed by atoms with Crippen molar-refractivity contribution < 1.29 is 27.6 Å². The number of nitrogens with zero attached hydrogens (tertiary/aromatic N) is 1. The molecule has 0 aromatic heterocycles. The van der Waals surface area contributed by atoms with E-state index in [2.05, 4.69) is 10.2 Å². The average molecular weight is 564 g/mol. The fourth-order valence-electron chi connectivity index (χ4n) is 5.35. The van der Waals surface area contributed by atoms with Crippen LogP contribution in [0.4, 0.5) is 0 Å². The van der Waals surface area contributed by atoms with Crippen molar-refractivity contribution in [3.63, 3.8) is 0 Å². The van der Waals surface area contributed by atoms with Crippen LogP contribution in [0, 0.1) is 0 Å². The Bertz CT molecular complexity index is 1310. The zero-order valence-corrected chi connectivity index (χ0v) is 22.3. The lowest BCUT2D eigenvalue weighted by Crippen LogP contribution is -2.59. The molecular formula is C25H30ClN5O6S. The van der Waals surface area contributed by atoms with E-state index in [4.69, 9.17) is 22.3 Å². The minimum Gasteiger partial charge on any atom is -0.326 e. The number of carbonyl (C=O) groups is 3. The second-order valence-electron chi connectivity index (χ2n) is 9.44. The molecular weight excluding hydrogens is 534 g/mol. The van der Waals surface area contributed by atoms with Crippen LogP contribution in [0.2, 0.25) is 5.02 Å². The van der Waals surface area contributed by atoms with Crippen molar-refractivity contribution in [2.75, 3.05) is 12.9 Å². The van der Waals surface area contributed by atoms with Crippen molar-refractivity contribution in [2.24, 2.45) is 5.84 Å². The zero-order chi connectivity index (χ0) is 27.4. The van der Waals surface area contributed by atoms with Gasteiger partial charge in [0.2, 0.25) is 10.0 Å². The van der Waals surface area contributed by atoms with Crippen LogP contribution in [-0.4, -0.2) is 56.0 Å². The molecule has 4 rings (SSSR count). The number of benzene rings is 2. The van der Waals surface area contributed by atoms with E-state index in [-0.39, 0.29) is 5.91 Å². The van der Waals surface area contributed by atoms with E-state index >= 15 is 0 Å². The molecule has 13 heteroatoms. The van der Waals surface area contributed by atoms with Gasteiger partial charge in [0, 0.05) is 22.7 Å². The van der Waals surface area contributed by atoms with E-state index in [1.165, 1.54) is 0 Å². The third-order valence-electron chi connectivity index (χ3n) is 6.86. The number of hydrogen-bond donors (Lipinski definition) is 4. The first-order chi connectivity index (χ1) is 18.1. The van der Waals surface area contributed by atoms with Gasteiger partial charge in [-0.25, -0.2) is 24.5 Å². The third-order valence-corrected chi connectivity index (χ3v) is 7.84. The molecule has 0 saturated heterocycles. The Morgan fingerprint density at radius 3 is 2.47 bits per heavy atom. The molecule has 5 N–H and O–H groups in total. The van der Waals surface area contributed by atoms with Crippen LogP contribution in [0.5, 0.6) is 0 Å². The van der Waals surface area contributed by atoms with E-state index in [0.29, 0.717) is 34.6 Å². The molecule has 1 aliphatic heterocycles. The molecule has 2 aliphatic rings. The second-order valence-corrected chi connectivity index (χ2v) is 11.7. The van der Waals surface area contributed by atoms with E-state index in [0.717, 1.165) is 19.1 Å². The summed E-state index contributed by atoms with van der Waals surface area (Å²) in [7, 11) is -3.57. The number of sulfonamides is 1. The number of carbonyl (C=O) groups excluding carboxylic acids is 3. The first-order valence-corrected chi connectivity index (χ1v) is 14.4. The number of hydrogen-bond acceptors (Lipinski definition) is 7. The number of hydroxylamine groups is 1. The van der Waals surface area contributed by atoms with Gasteiger partial charge in [-0.05, 0) is 42.2 Å². The molecule has 1 saturated carbocycles. The number of nitrogens with two attached hydrogens (primary N) is 1. The highest BCUT2D eigenvalue weighted by Gasteiger charge is 2.49. The van der Waals surface area contributed by atoms with Gasteiger partial charge in [0.05, 0.1) is 18.2 Å². The van der Waals surface area contributed by atoms with Gasteiger partial charge in [-0.15, -0.1) is 0 Å². The Balaban J connectivity index is 1.83. The minimum absolute atomic E-state index is 0.305. The summed E-state index contributed by atoms with van der Waals surface area (Å²) in [5, 5.41) is 0.481. The number of nitrogens with one attached hydrogen (secondary N) is 3. The molecule has 2 aromatic carbocycles. The molecule has 3 amide bonds. The molecule has 0 unspecified atom stereocenters. The maximum atomic E-state index is 14.1. The fourth-order valence-corrected chi connectivity index (χ4v) is 6.30. The first kappa shape index (κ1) is 28.0. The van der Waals surface area contributed by atoms with Gasteiger partial charge in [0.25, 0.3) is 17.7 Å². The maximum Gasteiger partial charge on any atom is 0.262 e. The molecule has 11 nitrogen and oxygen atoms in total. The topological polar surface area (TPSA) is 160 Å². The molecule has 204 valence electrons. The number of hydrazine groups is 1. The van der Waals surface area contributed by atoms with Crippen LogP contribution in [0.15, 0.2) is 48.5 Å². The maximum absolute atomic E-state index is 14.1. The molecule has 0 spiro atoms. The van der Waals surface area contributed by atoms with Gasteiger partial charge < -0.3 is 4.90 Å². The Morgan fingerprint density at radius 1 is 1.11 bits per heavy atom. The average Bonchev–Trinajstić information content (AvgIpc) is 2.88. The summed E-state index contributed by atoms with van der Waals surface area (Å²) in [6.07, 6.45) is 3.78. The van der Waals surface area contributed by atoms with Gasteiger partial charge in [0.1, 0.15) is 0 Å². The van der Waals surface area contributed by atoms with Gasteiger partial charge in [-0.3, -0.25) is 24.6 Å². The van der Waals surface area contributed by atoms with Gasteiger partial charge in [0.15, 0.2) is 6.61 Å². The first-order valence-electron chi connectivity index (χ1n) is 12.2. The molecule has 1 heterocycles. The van der Waals surface area contributed by atoms with Crippen LogP contribution < -0.4 is 21.5 Å². The van der Waals surface area contributed by atoms with E-state index in [9.17, 15) is 22.8 Å². The number of halogens is 1. The molecule has 1 fully saturated rings. The normalized spacial score (nSPS) is 23.4. The number of amides is 3. The Kier molecular flexibility index (Phi) is 8.68. The number of rotatable bonds is 8. The van der Waals surface area contributed by atoms with Crippen LogP contribution in [0.1, 0.15) is 59.1 Å². The van der Waals surface area contributed by atoms with Crippen molar-refractivity contribution in [3.8, 4) is 0 Å². The molecule has 4 atom stereocenters. The molecule has 0 radical (unpaired) electrons. The van der Waals surface area contributed by atoms with Crippen molar-refractivity contribution in [1.82, 2.24) is 20.5 Å². The second kappa shape index (κ2) is 11.8. The quantitative estimate of drug-likeness (QED) is 0.215. The van der Waals surface area contributed by atoms with Crippen LogP contribution in [0.3, 0.4) is 0 Å². The van der Waals surface area contributed by atoms with Crippen molar-refractivity contribution in [1.29, 1.82) is 0 Å². The third kappa shape index (κ3) is 6.16. The van der Waals surface area contributed by atoms with Gasteiger partial charge >= 0.3 is 0 Å². The minimum atomic E-state index is -3.57. The Morgan fingerprint density at radius 2 is 1.79 bits per heavy atom. The SMILES string of the molecule is CS(=O)(=O)N[C@H]1CCCC[C@@H]1N1C(=O)c2ccccc2[C@@H](C(=O)NOCC(=O)NN)[C@@H]1c1ccc(Cl)cc1. The Labute approximate surface area is 226 Å². The van der Waals surface area contributed by atoms with Gasteiger partial charge in [-0.1, -0.05) is 54.8 Å². The smallest absolute Gasteiger partial charge is 0.262 e. The summed E-state index contributed by atoms with van der Waals surface area (Å²) in [5.74, 6) is 2.62. The lowest BCUT2D eigenvalue weighted by molar-refractivity contribution is -0.141. The summed E-state index contributed by atoms with van der Waals surface area (Å²) in [4.78, 5) is 46.0. The summed E-state index contributed by atoms with van der Waals surface area (Å²) >= 11 is 6.15. The van der Waals surface area contributed by atoms with E-state index in [1.54, 1.807) is 53.4 Å². The van der Waals surface area contributed by atoms with Gasteiger partial charge in [-0.2, -0.15) is 0 Å². The highest BCUT2D eigenvalue weighted by atomic mass is 35.5. The van der Waals surface area contributed by atoms with Crippen LogP contribution in [0.25, 0.3) is 0 Å². The lowest BCUT2D eigenvalue weighted by Gasteiger charge is -2.49. The van der Waals surface area contributed by atoms with Crippen molar-refractivity contribution in [2.45, 2.75) is 49.7 Å². The summed E-state index contributed by atoms with van der Waals surface area (Å²) in [6.45, 7) is -0.506. The van der Waals surface area contributed by atoms with E-state index in [1.807, 2.05) is 5.43 Å². The molecule has 1 aliphatic carbocycles. The number of fused-ring (bicyclic) bond motifs is 1. The summed E-state index contributed by atoms with van der Waals surface area (Å²) < 4.78 is 27.1. The lowest BCUT2D eigenvalue weighted by atomic mass is 9.76. The molecule has 0 bridgehead atoms. The van der Waals surface area contributed by atoms with Crippen molar-refractivity contribution in [3.05, 3.63) is 70.2 Å². The predicted molar refractivity (Wildman–Crippen MR) is 140 cm³/mol. The highest BCUT2D eigenvalue weighted by molar-refractivity contribution is 7.88. The van der Waals surface area contributed by atoms with Crippen molar-refractivity contribution >= 4 is 39.3 Å². The monoisotopic (exact) mass is 563 g/mol. The van der Waals surface area contributed by atoms with Crippen LogP contribution >= 0.6 is 11.6 Å². The Hall–Kier alpha value is -3.03. The molecule has 38 heavy (non-hydrogen) atoms. The molecule has 2 aromatic rings. The van der Waals surface area contributed by atoms with E-state index < -0.39 is 52.5 Å². The fraction of sp³-hybridized carbons (Fsp3) is 0.400. The summed E-state index contributed by atoms with van der Waals surface area (Å²) in [6, 6.07) is 11.8. The zero-order valence-electron chi connectivity index (χ0n) is 20.7. The predicted octanol–water partition coefficient (Wildman–Crippen LogP) is 1.52. The standard InChI is InChI=1S/C25H30ClN5O6S/c1-38(35,36)30-19-8-4-5-9-20(19)31-23(15-10-12-16(26)13-11-15)22(24(33)29-37-14-21(32)28-27)17-6-2-3-7-18(17)25(31)34/h2-3,6-7,10-13,19-20,22-23,30H,4-5,8-9,14,27H2,1H3,(H,28,32)(H,29,33)/t19-,20-,22+,23-/m0/s1. The summed E-state index contributed by atoms with van der Waals surface area (Å²) in [5.41, 5.74) is 5.70. The van der Waals surface area contributed by atoms with Crippen LogP contribution in [-0.2, 0) is 24.4 Å². The highest BCUT2D eigenvalue weighted by Crippen LogP contribution is 2.46.